The van der Waals surface area contributed by atoms with E-state index in [2.05, 4.69) is 0 Å². The molecule has 0 spiro atoms. The van der Waals surface area contributed by atoms with Crippen LogP contribution in [0.3, 0.4) is 0 Å². The minimum absolute atomic E-state index is 0.0834. The van der Waals surface area contributed by atoms with Gasteiger partial charge in [0.15, 0.2) is 17.3 Å². The number of carbonyl (C=O) groups excluding carboxylic acids is 2. The van der Waals surface area contributed by atoms with Gasteiger partial charge in [0, 0.05) is 30.0 Å². The Hall–Kier alpha value is -2.04. The molecule has 2 aliphatic rings. The van der Waals surface area contributed by atoms with Gasteiger partial charge >= 0.3 is 0 Å². The molecular weight excluding hydrogens is 306 g/mol. The van der Waals surface area contributed by atoms with E-state index in [4.69, 9.17) is 9.47 Å². The van der Waals surface area contributed by atoms with Crippen LogP contribution in [0.25, 0.3) is 0 Å². The van der Waals surface area contributed by atoms with Crippen LogP contribution in [0.2, 0.25) is 0 Å². The number of amides is 1. The summed E-state index contributed by atoms with van der Waals surface area (Å²) in [5, 5.41) is 0. The van der Waals surface area contributed by atoms with E-state index >= 15 is 0 Å². The van der Waals surface area contributed by atoms with E-state index in [0.29, 0.717) is 23.6 Å². The first-order valence-corrected chi connectivity index (χ1v) is 8.65. The Labute approximate surface area is 142 Å². The van der Waals surface area contributed by atoms with Crippen molar-refractivity contribution in [2.24, 2.45) is 11.3 Å². The number of ether oxygens (including phenoxy) is 2. The van der Waals surface area contributed by atoms with Crippen molar-refractivity contribution < 1.29 is 19.1 Å². The maximum absolute atomic E-state index is 12.9. The van der Waals surface area contributed by atoms with Gasteiger partial charge in [-0.2, -0.15) is 0 Å². The molecule has 3 rings (SSSR count). The fourth-order valence-electron chi connectivity index (χ4n) is 3.24. The molecule has 2 heterocycles. The number of likely N-dealkylation sites (tertiary alicyclic amines) is 1. The number of nitrogens with zero attached hydrogens (tertiary/aromatic N) is 1. The first-order valence-electron chi connectivity index (χ1n) is 8.65. The first-order chi connectivity index (χ1) is 11.4. The molecule has 0 aromatic heterocycles. The lowest BCUT2D eigenvalue weighted by molar-refractivity contribution is -0.142. The molecule has 1 saturated heterocycles. The molecule has 5 heteroatoms. The molecule has 0 radical (unpaired) electrons. The summed E-state index contributed by atoms with van der Waals surface area (Å²) in [5.41, 5.74) is 0.261. The summed E-state index contributed by atoms with van der Waals surface area (Å²) in [4.78, 5) is 27.4. The largest absolute Gasteiger partial charge is 0.454 e. The summed E-state index contributed by atoms with van der Waals surface area (Å²) >= 11 is 0. The fraction of sp³-hybridized carbons (Fsp3) is 0.579. The van der Waals surface area contributed by atoms with E-state index in [1.54, 1.807) is 18.2 Å². The van der Waals surface area contributed by atoms with Crippen LogP contribution >= 0.6 is 0 Å². The van der Waals surface area contributed by atoms with Gasteiger partial charge in [0.1, 0.15) is 0 Å². The normalized spacial score (nSPS) is 20.1. The summed E-state index contributed by atoms with van der Waals surface area (Å²) < 4.78 is 10.6. The minimum atomic E-state index is -0.371. The predicted octanol–water partition coefficient (Wildman–Crippen LogP) is 3.27. The lowest BCUT2D eigenvalue weighted by Crippen LogP contribution is -2.47. The standard InChI is InChI=1S/C19H25NO4/c1-4-19(2,3)18(22)20-9-5-6-14(11-20)17(21)13-7-8-15-16(10-13)24-12-23-15/h7-8,10,14H,4-6,9,11-12H2,1-3H3/t14-/m1/s1. The second-order valence-electron chi connectivity index (χ2n) is 7.26. The molecule has 0 bridgehead atoms. The summed E-state index contributed by atoms with van der Waals surface area (Å²) in [6.07, 6.45) is 2.49. The molecule has 130 valence electrons. The number of carbonyl (C=O) groups is 2. The SMILES string of the molecule is CCC(C)(C)C(=O)N1CCC[C@@H](C(=O)c2ccc3c(c2)OCO3)C1. The summed E-state index contributed by atoms with van der Waals surface area (Å²) in [7, 11) is 0. The predicted molar refractivity (Wildman–Crippen MR) is 90.3 cm³/mol. The number of hydrogen-bond donors (Lipinski definition) is 0. The van der Waals surface area contributed by atoms with Crippen LogP contribution < -0.4 is 9.47 Å². The van der Waals surface area contributed by atoms with E-state index in [9.17, 15) is 9.59 Å². The lowest BCUT2D eigenvalue weighted by Gasteiger charge is -2.37. The highest BCUT2D eigenvalue weighted by molar-refractivity contribution is 5.99. The van der Waals surface area contributed by atoms with Crippen LogP contribution in [0.5, 0.6) is 11.5 Å². The highest BCUT2D eigenvalue weighted by Crippen LogP contribution is 2.34. The second-order valence-corrected chi connectivity index (χ2v) is 7.26. The van der Waals surface area contributed by atoms with Crippen LogP contribution in [-0.4, -0.2) is 36.5 Å². The average Bonchev–Trinajstić information content (AvgIpc) is 3.08. The Balaban J connectivity index is 1.72. The highest BCUT2D eigenvalue weighted by atomic mass is 16.7. The van der Waals surface area contributed by atoms with Gasteiger partial charge in [0.25, 0.3) is 0 Å². The molecule has 1 amide bonds. The summed E-state index contributed by atoms with van der Waals surface area (Å²) in [6.45, 7) is 7.42. The van der Waals surface area contributed by atoms with Crippen molar-refractivity contribution in [3.63, 3.8) is 0 Å². The maximum atomic E-state index is 12.9. The molecule has 24 heavy (non-hydrogen) atoms. The molecule has 1 atom stereocenters. The second kappa shape index (κ2) is 6.46. The Morgan fingerprint density at radius 1 is 1.25 bits per heavy atom. The third kappa shape index (κ3) is 3.12. The Morgan fingerprint density at radius 2 is 2.00 bits per heavy atom. The molecular formula is C19H25NO4. The Bertz CT molecular complexity index is 653. The maximum Gasteiger partial charge on any atom is 0.231 e. The first kappa shape index (κ1) is 16.8. The molecule has 1 aromatic rings. The van der Waals surface area contributed by atoms with Crippen LogP contribution in [0.1, 0.15) is 50.4 Å². The fourth-order valence-corrected chi connectivity index (χ4v) is 3.24. The van der Waals surface area contributed by atoms with Crippen molar-refractivity contribution in [2.45, 2.75) is 40.0 Å². The van der Waals surface area contributed by atoms with Gasteiger partial charge in [0.2, 0.25) is 12.7 Å². The van der Waals surface area contributed by atoms with Gasteiger partial charge in [-0.15, -0.1) is 0 Å². The Morgan fingerprint density at radius 3 is 2.75 bits per heavy atom. The van der Waals surface area contributed by atoms with Gasteiger partial charge in [-0.25, -0.2) is 0 Å². The van der Waals surface area contributed by atoms with E-state index in [1.807, 2.05) is 25.7 Å². The van der Waals surface area contributed by atoms with E-state index in [0.717, 1.165) is 25.8 Å². The van der Waals surface area contributed by atoms with E-state index in [-0.39, 0.29) is 29.8 Å². The summed E-state index contributed by atoms with van der Waals surface area (Å²) in [6, 6.07) is 5.31. The molecule has 1 aromatic carbocycles. The van der Waals surface area contributed by atoms with Gasteiger partial charge in [-0.1, -0.05) is 20.8 Å². The van der Waals surface area contributed by atoms with Crippen LogP contribution in [0, 0.1) is 11.3 Å². The average molecular weight is 331 g/mol. The molecule has 0 saturated carbocycles. The van der Waals surface area contributed by atoms with Crippen molar-refractivity contribution >= 4 is 11.7 Å². The zero-order valence-electron chi connectivity index (χ0n) is 14.6. The smallest absolute Gasteiger partial charge is 0.231 e. The topological polar surface area (TPSA) is 55.8 Å². The van der Waals surface area contributed by atoms with Crippen LogP contribution in [0.15, 0.2) is 18.2 Å². The van der Waals surface area contributed by atoms with Crippen LogP contribution in [0.4, 0.5) is 0 Å². The number of benzene rings is 1. The number of fused-ring (bicyclic) bond motifs is 1. The van der Waals surface area contributed by atoms with E-state index < -0.39 is 0 Å². The van der Waals surface area contributed by atoms with Crippen molar-refractivity contribution in [1.82, 2.24) is 4.90 Å². The molecule has 2 aliphatic heterocycles. The van der Waals surface area contributed by atoms with Crippen molar-refractivity contribution in [1.29, 1.82) is 0 Å². The number of piperidine rings is 1. The zero-order chi connectivity index (χ0) is 17.3. The number of ketones is 1. The number of Topliss-reactive ketones (excluding diaryl/α,β-unsaturated/α-hetero) is 1. The highest BCUT2D eigenvalue weighted by Gasteiger charge is 2.35. The quantitative estimate of drug-likeness (QED) is 0.795. The molecule has 0 unspecified atom stereocenters. The number of hydrogen-bond acceptors (Lipinski definition) is 4. The molecule has 1 fully saturated rings. The van der Waals surface area contributed by atoms with Gasteiger partial charge < -0.3 is 14.4 Å². The molecule has 5 nitrogen and oxygen atoms in total. The summed E-state index contributed by atoms with van der Waals surface area (Å²) in [5.74, 6) is 1.39. The van der Waals surface area contributed by atoms with Gasteiger partial charge in [-0.05, 0) is 37.5 Å². The van der Waals surface area contributed by atoms with Crippen molar-refractivity contribution in [2.75, 3.05) is 19.9 Å². The van der Waals surface area contributed by atoms with Crippen molar-refractivity contribution in [3.8, 4) is 11.5 Å². The van der Waals surface area contributed by atoms with E-state index in [1.165, 1.54) is 0 Å². The van der Waals surface area contributed by atoms with Gasteiger partial charge in [-0.3, -0.25) is 9.59 Å². The third-order valence-electron chi connectivity index (χ3n) is 5.20. The van der Waals surface area contributed by atoms with Gasteiger partial charge in [0.05, 0.1) is 0 Å². The monoisotopic (exact) mass is 331 g/mol. The zero-order valence-corrected chi connectivity index (χ0v) is 14.6. The lowest BCUT2D eigenvalue weighted by atomic mass is 9.85. The van der Waals surface area contributed by atoms with Crippen molar-refractivity contribution in [3.05, 3.63) is 23.8 Å². The van der Waals surface area contributed by atoms with Crippen LogP contribution in [-0.2, 0) is 4.79 Å². The number of rotatable bonds is 4. The third-order valence-corrected chi connectivity index (χ3v) is 5.20. The Kier molecular flexibility index (Phi) is 4.52. The molecule has 0 N–H and O–H groups in total. The molecule has 0 aliphatic carbocycles. The minimum Gasteiger partial charge on any atom is -0.454 e.